The Morgan fingerprint density at radius 2 is 2.18 bits per heavy atom. The molecule has 0 aromatic carbocycles. The van der Waals surface area contributed by atoms with Gasteiger partial charge in [-0.1, -0.05) is 19.1 Å². The van der Waals surface area contributed by atoms with Crippen molar-refractivity contribution < 1.29 is 0 Å². The molecule has 1 aromatic rings. The predicted molar refractivity (Wildman–Crippen MR) is 42.8 cm³/mol. The second kappa shape index (κ2) is 3.00. The highest BCUT2D eigenvalue weighted by Gasteiger charge is 2.12. The Hall–Kier alpha value is -0.900. The maximum absolute atomic E-state index is 5.84. The molecule has 1 unspecified atom stereocenters. The lowest BCUT2D eigenvalue weighted by Gasteiger charge is -2.10. The van der Waals surface area contributed by atoms with Gasteiger partial charge in [0.15, 0.2) is 0 Å². The average molecular weight is 154 g/mol. The number of nitrogens with zero attached hydrogens (tertiary/aromatic N) is 3. The first-order chi connectivity index (χ1) is 5.11. The summed E-state index contributed by atoms with van der Waals surface area (Å²) >= 11 is 0. The molecule has 0 aliphatic rings. The van der Waals surface area contributed by atoms with Gasteiger partial charge in [0.25, 0.3) is 0 Å². The van der Waals surface area contributed by atoms with Crippen LogP contribution in [0.15, 0.2) is 6.20 Å². The summed E-state index contributed by atoms with van der Waals surface area (Å²) in [6, 6.07) is 0.00343. The molecule has 0 saturated heterocycles. The molecular formula is C7H14N4. The van der Waals surface area contributed by atoms with Gasteiger partial charge in [-0.25, -0.2) is 0 Å². The number of hydrogen-bond acceptors (Lipinski definition) is 3. The zero-order valence-electron chi connectivity index (χ0n) is 7.15. The van der Waals surface area contributed by atoms with Crippen molar-refractivity contribution in [2.75, 3.05) is 0 Å². The van der Waals surface area contributed by atoms with Gasteiger partial charge in [0, 0.05) is 13.2 Å². The van der Waals surface area contributed by atoms with Crippen molar-refractivity contribution >= 4 is 0 Å². The molecule has 0 saturated carbocycles. The van der Waals surface area contributed by atoms with E-state index < -0.39 is 0 Å². The van der Waals surface area contributed by atoms with E-state index in [1.54, 1.807) is 4.68 Å². The van der Waals surface area contributed by atoms with Gasteiger partial charge < -0.3 is 5.73 Å². The Morgan fingerprint density at radius 1 is 1.55 bits per heavy atom. The van der Waals surface area contributed by atoms with E-state index >= 15 is 0 Å². The zero-order chi connectivity index (χ0) is 8.43. The summed E-state index contributed by atoms with van der Waals surface area (Å²) in [5.74, 6) is 0.409. The van der Waals surface area contributed by atoms with Crippen LogP contribution in [-0.2, 0) is 7.05 Å². The second-order valence-corrected chi connectivity index (χ2v) is 3.09. The third kappa shape index (κ3) is 1.77. The molecule has 0 amide bonds. The van der Waals surface area contributed by atoms with Crippen LogP contribution in [0.25, 0.3) is 0 Å². The molecule has 4 nitrogen and oxygen atoms in total. The summed E-state index contributed by atoms with van der Waals surface area (Å²) in [5, 5.41) is 7.73. The third-order valence-electron chi connectivity index (χ3n) is 1.68. The van der Waals surface area contributed by atoms with Gasteiger partial charge in [0.2, 0.25) is 0 Å². The molecule has 62 valence electrons. The van der Waals surface area contributed by atoms with E-state index in [1.807, 2.05) is 13.2 Å². The normalized spacial score (nSPS) is 13.9. The first-order valence-corrected chi connectivity index (χ1v) is 3.73. The number of aromatic nitrogens is 3. The van der Waals surface area contributed by atoms with Crippen molar-refractivity contribution in [3.05, 3.63) is 11.9 Å². The molecule has 2 N–H and O–H groups in total. The van der Waals surface area contributed by atoms with Gasteiger partial charge in [-0.3, -0.25) is 4.68 Å². The summed E-state index contributed by atoms with van der Waals surface area (Å²) in [7, 11) is 1.84. The second-order valence-electron chi connectivity index (χ2n) is 3.09. The smallest absolute Gasteiger partial charge is 0.0996 e. The number of rotatable bonds is 2. The summed E-state index contributed by atoms with van der Waals surface area (Å²) in [6.45, 7) is 4.14. The maximum atomic E-state index is 5.84. The van der Waals surface area contributed by atoms with E-state index in [0.717, 1.165) is 5.69 Å². The highest BCUT2D eigenvalue weighted by atomic mass is 15.4. The molecule has 11 heavy (non-hydrogen) atoms. The fourth-order valence-corrected chi connectivity index (χ4v) is 0.859. The molecule has 0 fully saturated rings. The minimum atomic E-state index is 0.00343. The number of aryl methyl sites for hydroxylation is 1. The fourth-order valence-electron chi connectivity index (χ4n) is 0.859. The monoisotopic (exact) mass is 154 g/mol. The van der Waals surface area contributed by atoms with Crippen LogP contribution < -0.4 is 5.73 Å². The first-order valence-electron chi connectivity index (χ1n) is 3.73. The lowest BCUT2D eigenvalue weighted by atomic mass is 10.0. The van der Waals surface area contributed by atoms with Crippen LogP contribution in [0.3, 0.4) is 0 Å². The molecule has 0 radical (unpaired) electrons. The SMILES string of the molecule is CC(C)C(N)c1cn(C)nn1. The van der Waals surface area contributed by atoms with Crippen LogP contribution in [0, 0.1) is 5.92 Å². The predicted octanol–water partition coefficient (Wildman–Crippen LogP) is 0.471. The van der Waals surface area contributed by atoms with Crippen molar-refractivity contribution in [3.63, 3.8) is 0 Å². The Morgan fingerprint density at radius 3 is 2.55 bits per heavy atom. The lowest BCUT2D eigenvalue weighted by Crippen LogP contribution is -2.16. The van der Waals surface area contributed by atoms with Gasteiger partial charge in [-0.2, -0.15) is 0 Å². The van der Waals surface area contributed by atoms with Crippen molar-refractivity contribution in [1.29, 1.82) is 0 Å². The van der Waals surface area contributed by atoms with Crippen LogP contribution in [0.4, 0.5) is 0 Å². The Labute approximate surface area is 66.4 Å². The molecule has 1 atom stereocenters. The van der Waals surface area contributed by atoms with Crippen LogP contribution in [0.5, 0.6) is 0 Å². The van der Waals surface area contributed by atoms with Gasteiger partial charge in [0.1, 0.15) is 0 Å². The van der Waals surface area contributed by atoms with Gasteiger partial charge >= 0.3 is 0 Å². The van der Waals surface area contributed by atoms with Gasteiger partial charge in [-0.15, -0.1) is 5.10 Å². The maximum Gasteiger partial charge on any atom is 0.0996 e. The van der Waals surface area contributed by atoms with E-state index in [4.69, 9.17) is 5.73 Å². The van der Waals surface area contributed by atoms with Crippen LogP contribution in [-0.4, -0.2) is 15.0 Å². The van der Waals surface area contributed by atoms with E-state index in [-0.39, 0.29) is 6.04 Å². The Bertz CT molecular complexity index is 228. The Balaban J connectivity index is 2.76. The zero-order valence-corrected chi connectivity index (χ0v) is 7.15. The first kappa shape index (κ1) is 8.20. The molecular weight excluding hydrogens is 140 g/mol. The lowest BCUT2D eigenvalue weighted by molar-refractivity contribution is 0.502. The molecule has 0 spiro atoms. The van der Waals surface area contributed by atoms with Gasteiger partial charge in [-0.05, 0) is 5.92 Å². The van der Waals surface area contributed by atoms with E-state index in [1.165, 1.54) is 0 Å². The van der Waals surface area contributed by atoms with Crippen LogP contribution >= 0.6 is 0 Å². The molecule has 0 aliphatic carbocycles. The molecule has 1 aromatic heterocycles. The minimum absolute atomic E-state index is 0.00343. The van der Waals surface area contributed by atoms with Crippen molar-refractivity contribution in [2.24, 2.45) is 18.7 Å². The topological polar surface area (TPSA) is 56.7 Å². The van der Waals surface area contributed by atoms with Gasteiger partial charge in [0.05, 0.1) is 11.7 Å². The fraction of sp³-hybridized carbons (Fsp3) is 0.714. The number of nitrogens with two attached hydrogens (primary N) is 1. The standard InChI is InChI=1S/C7H14N4/c1-5(2)7(8)6-4-11(3)10-9-6/h4-5,7H,8H2,1-3H3. The summed E-state index contributed by atoms with van der Waals surface area (Å²) in [4.78, 5) is 0. The Kier molecular flexibility index (Phi) is 2.24. The highest BCUT2D eigenvalue weighted by Crippen LogP contribution is 2.14. The van der Waals surface area contributed by atoms with E-state index in [9.17, 15) is 0 Å². The van der Waals surface area contributed by atoms with E-state index in [2.05, 4.69) is 24.2 Å². The summed E-state index contributed by atoms with van der Waals surface area (Å²) < 4.78 is 1.66. The average Bonchev–Trinajstić information content (AvgIpc) is 2.34. The highest BCUT2D eigenvalue weighted by molar-refractivity contribution is 4.99. The molecule has 4 heteroatoms. The van der Waals surface area contributed by atoms with Crippen molar-refractivity contribution in [1.82, 2.24) is 15.0 Å². The molecule has 1 rings (SSSR count). The molecule has 1 heterocycles. The summed E-state index contributed by atoms with van der Waals surface area (Å²) in [6.07, 6.45) is 1.85. The minimum Gasteiger partial charge on any atom is -0.322 e. The molecule has 0 bridgehead atoms. The quantitative estimate of drug-likeness (QED) is 0.673. The number of hydrogen-bond donors (Lipinski definition) is 1. The molecule has 0 aliphatic heterocycles. The van der Waals surface area contributed by atoms with Crippen molar-refractivity contribution in [2.45, 2.75) is 19.9 Å². The largest absolute Gasteiger partial charge is 0.322 e. The third-order valence-corrected chi connectivity index (χ3v) is 1.68. The van der Waals surface area contributed by atoms with E-state index in [0.29, 0.717) is 5.92 Å². The van der Waals surface area contributed by atoms with Crippen molar-refractivity contribution in [3.8, 4) is 0 Å². The van der Waals surface area contributed by atoms with Crippen LogP contribution in [0.2, 0.25) is 0 Å². The van der Waals surface area contributed by atoms with Crippen LogP contribution in [0.1, 0.15) is 25.6 Å². The summed E-state index contributed by atoms with van der Waals surface area (Å²) in [5.41, 5.74) is 6.70.